The quantitative estimate of drug-likeness (QED) is 0.209. The Morgan fingerprint density at radius 3 is 2.53 bits per heavy atom. The lowest BCUT2D eigenvalue weighted by Gasteiger charge is -2.08. The van der Waals surface area contributed by atoms with Gasteiger partial charge < -0.3 is 14.2 Å². The smallest absolute Gasteiger partial charge is 0.293 e. The highest BCUT2D eigenvalue weighted by Crippen LogP contribution is 2.35. The molecule has 0 unspecified atom stereocenters. The van der Waals surface area contributed by atoms with E-state index in [-0.39, 0.29) is 10.9 Å². The summed E-state index contributed by atoms with van der Waals surface area (Å²) in [5.41, 5.74) is 2.85. The minimum absolute atomic E-state index is 0.0557. The number of amides is 1. The van der Waals surface area contributed by atoms with Gasteiger partial charge in [0, 0.05) is 16.3 Å². The molecule has 2 N–H and O–H groups in total. The second-order valence-electron chi connectivity index (χ2n) is 7.50. The summed E-state index contributed by atoms with van der Waals surface area (Å²) < 4.78 is 11.5. The summed E-state index contributed by atoms with van der Waals surface area (Å²) in [5.74, 6) is 0.259. The Labute approximate surface area is 230 Å². The van der Waals surface area contributed by atoms with Crippen molar-refractivity contribution in [1.82, 2.24) is 10.3 Å². The number of fused-ring (bicyclic) bond motifs is 1. The van der Waals surface area contributed by atoms with Crippen LogP contribution in [0.3, 0.4) is 0 Å². The molecule has 2 heterocycles. The van der Waals surface area contributed by atoms with Gasteiger partial charge in [-0.05, 0) is 72.9 Å². The average molecular weight is 577 g/mol. The van der Waals surface area contributed by atoms with Crippen molar-refractivity contribution in [3.63, 3.8) is 0 Å². The molecule has 180 valence electrons. The Morgan fingerprint density at radius 1 is 0.861 bits per heavy atom. The number of oxazole rings is 1. The molecule has 0 aliphatic carbocycles. The van der Waals surface area contributed by atoms with Crippen LogP contribution < -0.4 is 10.6 Å². The van der Waals surface area contributed by atoms with Crippen LogP contribution in [-0.2, 0) is 0 Å². The molecule has 0 atom stereocenters. The van der Waals surface area contributed by atoms with Gasteiger partial charge in [0.1, 0.15) is 11.3 Å². The lowest BCUT2D eigenvalue weighted by Crippen LogP contribution is -2.33. The third-order valence-electron chi connectivity index (χ3n) is 5.08. The fourth-order valence-corrected chi connectivity index (χ4v) is 4.38. The van der Waals surface area contributed by atoms with Gasteiger partial charge in [-0.25, -0.2) is 4.98 Å². The number of rotatable bonds is 4. The molecule has 5 aromatic rings. The number of carbonyl (C=O) groups is 1. The maximum Gasteiger partial charge on any atom is 0.293 e. The fourth-order valence-electron chi connectivity index (χ4n) is 3.41. The van der Waals surface area contributed by atoms with Crippen LogP contribution in [0.4, 0.5) is 5.69 Å². The average Bonchev–Trinajstić information content (AvgIpc) is 3.49. The van der Waals surface area contributed by atoms with E-state index in [9.17, 15) is 4.79 Å². The van der Waals surface area contributed by atoms with Gasteiger partial charge in [-0.15, -0.1) is 0 Å². The summed E-state index contributed by atoms with van der Waals surface area (Å²) in [4.78, 5) is 17.1. The van der Waals surface area contributed by atoms with Gasteiger partial charge in [-0.2, -0.15) is 0 Å². The van der Waals surface area contributed by atoms with Crippen LogP contribution in [0, 0.1) is 0 Å². The first-order chi connectivity index (χ1) is 17.3. The molecule has 6 nitrogen and oxygen atoms in total. The number of hydrogen-bond donors (Lipinski definition) is 2. The fraction of sp³-hybridized carbons (Fsp3) is 0. The molecule has 0 aliphatic rings. The maximum atomic E-state index is 12.6. The van der Waals surface area contributed by atoms with Crippen molar-refractivity contribution in [1.29, 1.82) is 0 Å². The second-order valence-corrected chi connectivity index (χ2v) is 9.54. The predicted molar refractivity (Wildman–Crippen MR) is 147 cm³/mol. The van der Waals surface area contributed by atoms with Gasteiger partial charge >= 0.3 is 0 Å². The van der Waals surface area contributed by atoms with Crippen molar-refractivity contribution in [2.75, 3.05) is 5.32 Å². The van der Waals surface area contributed by atoms with Crippen LogP contribution in [0.5, 0.6) is 0 Å². The van der Waals surface area contributed by atoms with Gasteiger partial charge in [0.05, 0.1) is 20.6 Å². The third-order valence-corrected chi connectivity index (χ3v) is 6.67. The molecule has 5 rings (SSSR count). The zero-order valence-electron chi connectivity index (χ0n) is 17.9. The number of aromatic nitrogens is 1. The molecule has 0 fully saturated rings. The molecule has 0 saturated heterocycles. The zero-order chi connectivity index (χ0) is 25.4. The number of carbonyl (C=O) groups excluding carboxylic acids is 1. The number of anilines is 1. The number of nitrogens with one attached hydrogen (secondary N) is 2. The van der Waals surface area contributed by atoms with Crippen LogP contribution in [0.15, 0.2) is 75.6 Å². The summed E-state index contributed by atoms with van der Waals surface area (Å²) in [5, 5.41) is 7.30. The van der Waals surface area contributed by atoms with Crippen molar-refractivity contribution in [3.8, 4) is 22.8 Å². The van der Waals surface area contributed by atoms with E-state index >= 15 is 0 Å². The monoisotopic (exact) mass is 575 g/mol. The molecule has 0 saturated carbocycles. The van der Waals surface area contributed by atoms with E-state index < -0.39 is 5.91 Å². The van der Waals surface area contributed by atoms with Crippen molar-refractivity contribution in [2.24, 2.45) is 0 Å². The summed E-state index contributed by atoms with van der Waals surface area (Å²) >= 11 is 29.9. The molecule has 0 radical (unpaired) electrons. The van der Waals surface area contributed by atoms with E-state index in [0.29, 0.717) is 59.7 Å². The van der Waals surface area contributed by atoms with E-state index in [1.54, 1.807) is 60.7 Å². The summed E-state index contributed by atoms with van der Waals surface area (Å²) in [7, 11) is 0. The highest BCUT2D eigenvalue weighted by Gasteiger charge is 2.17. The Bertz CT molecular complexity index is 1650. The Hall–Kier alpha value is -3.07. The molecule has 36 heavy (non-hydrogen) atoms. The summed E-state index contributed by atoms with van der Waals surface area (Å²) in [6, 6.07) is 18.5. The second kappa shape index (κ2) is 10.1. The van der Waals surface area contributed by atoms with E-state index in [0.717, 1.165) is 0 Å². The van der Waals surface area contributed by atoms with Crippen LogP contribution in [-0.4, -0.2) is 16.0 Å². The highest BCUT2D eigenvalue weighted by molar-refractivity contribution is 7.80. The van der Waals surface area contributed by atoms with Crippen LogP contribution >= 0.6 is 58.6 Å². The molecular weight excluding hydrogens is 564 g/mol. The molecule has 0 aliphatic heterocycles. The van der Waals surface area contributed by atoms with Crippen LogP contribution in [0.25, 0.3) is 33.9 Å². The van der Waals surface area contributed by atoms with E-state index in [1.807, 2.05) is 0 Å². The predicted octanol–water partition coefficient (Wildman–Crippen LogP) is 8.50. The van der Waals surface area contributed by atoms with Gasteiger partial charge in [-0.3, -0.25) is 10.1 Å². The van der Waals surface area contributed by atoms with E-state index in [2.05, 4.69) is 15.6 Å². The number of furan rings is 1. The third kappa shape index (κ3) is 5.07. The standard InChI is InChI=1S/C25H13Cl4N3O3S/c26-12-4-6-16(27)15(10-12)24-31-18-11-13(5-7-20(18)35-24)30-25(36)32-23(33)21-9-8-19(34-21)14-2-1-3-17(28)22(14)29/h1-11H,(H2,30,32,33,36). The zero-order valence-corrected chi connectivity index (χ0v) is 21.8. The van der Waals surface area contributed by atoms with Gasteiger partial charge in [0.2, 0.25) is 5.89 Å². The SMILES string of the molecule is O=C(NC(=S)Nc1ccc2oc(-c3cc(Cl)ccc3Cl)nc2c1)c1ccc(-c2cccc(Cl)c2Cl)o1. The van der Waals surface area contributed by atoms with Crippen molar-refractivity contribution in [2.45, 2.75) is 0 Å². The molecule has 1 amide bonds. The minimum Gasteiger partial charge on any atom is -0.451 e. The number of benzene rings is 3. The largest absolute Gasteiger partial charge is 0.451 e. The minimum atomic E-state index is -0.530. The van der Waals surface area contributed by atoms with Crippen LogP contribution in [0.2, 0.25) is 20.1 Å². The van der Waals surface area contributed by atoms with Gasteiger partial charge in [0.25, 0.3) is 5.91 Å². The normalized spacial score (nSPS) is 11.0. The summed E-state index contributed by atoms with van der Waals surface area (Å²) in [6.07, 6.45) is 0. The first-order valence-electron chi connectivity index (χ1n) is 10.3. The van der Waals surface area contributed by atoms with E-state index in [4.69, 9.17) is 67.5 Å². The molecule has 0 spiro atoms. The summed E-state index contributed by atoms with van der Waals surface area (Å²) in [6.45, 7) is 0. The van der Waals surface area contributed by atoms with Crippen molar-refractivity contribution >= 4 is 86.4 Å². The first-order valence-corrected chi connectivity index (χ1v) is 12.2. The van der Waals surface area contributed by atoms with Gasteiger partial charge in [-0.1, -0.05) is 52.5 Å². The Balaban J connectivity index is 1.29. The lowest BCUT2D eigenvalue weighted by molar-refractivity contribution is 0.0951. The lowest BCUT2D eigenvalue weighted by atomic mass is 10.2. The van der Waals surface area contributed by atoms with Gasteiger partial charge in [0.15, 0.2) is 16.5 Å². The molecule has 11 heteroatoms. The highest BCUT2D eigenvalue weighted by atomic mass is 35.5. The number of hydrogen-bond acceptors (Lipinski definition) is 5. The van der Waals surface area contributed by atoms with Crippen molar-refractivity contribution in [3.05, 3.63) is 92.6 Å². The first kappa shape index (κ1) is 24.6. The molecule has 2 aromatic heterocycles. The molecular formula is C25H13Cl4N3O3S. The molecule has 3 aromatic carbocycles. The van der Waals surface area contributed by atoms with Crippen LogP contribution in [0.1, 0.15) is 10.6 Å². The Morgan fingerprint density at radius 2 is 1.69 bits per heavy atom. The number of halogens is 4. The van der Waals surface area contributed by atoms with E-state index in [1.165, 1.54) is 6.07 Å². The Kier molecular flexibility index (Phi) is 6.92. The number of thiocarbonyl (C=S) groups is 1. The maximum absolute atomic E-state index is 12.6. The topological polar surface area (TPSA) is 80.3 Å². The molecule has 0 bridgehead atoms. The van der Waals surface area contributed by atoms with Crippen molar-refractivity contribution < 1.29 is 13.6 Å². The number of nitrogens with zero attached hydrogens (tertiary/aromatic N) is 1.